The molecule has 2 bridgehead atoms. The lowest BCUT2D eigenvalue weighted by Crippen LogP contribution is -2.39. The fourth-order valence-corrected chi connectivity index (χ4v) is 4.43. The molecular weight excluding hydrogens is 316 g/mol. The predicted octanol–water partition coefficient (Wildman–Crippen LogP) is 3.04. The Kier molecular flexibility index (Phi) is 3.04. The van der Waals surface area contributed by atoms with Gasteiger partial charge in [-0.15, -0.1) is 0 Å². The zero-order chi connectivity index (χ0) is 13.9. The van der Waals surface area contributed by atoms with Crippen molar-refractivity contribution in [1.82, 2.24) is 14.9 Å². The van der Waals surface area contributed by atoms with Gasteiger partial charge < -0.3 is 10.6 Å². The summed E-state index contributed by atoms with van der Waals surface area (Å²) in [7, 11) is 2.27. The number of aromatic nitrogens is 2. The second-order valence-electron chi connectivity index (χ2n) is 6.66. The molecule has 0 amide bonds. The van der Waals surface area contributed by atoms with Gasteiger partial charge in [-0.25, -0.2) is 9.97 Å². The average molecular weight is 337 g/mol. The molecule has 3 aliphatic rings. The van der Waals surface area contributed by atoms with Crippen molar-refractivity contribution in [3.8, 4) is 0 Å². The number of fused-ring (bicyclic) bond motifs is 2. The summed E-state index contributed by atoms with van der Waals surface area (Å²) >= 11 is 3.57. The smallest absolute Gasteiger partial charge is 0.141 e. The third-order valence-corrected chi connectivity index (χ3v) is 6.16. The Morgan fingerprint density at radius 2 is 1.70 bits per heavy atom. The van der Waals surface area contributed by atoms with Gasteiger partial charge in [0.25, 0.3) is 0 Å². The zero-order valence-corrected chi connectivity index (χ0v) is 13.4. The van der Waals surface area contributed by atoms with Crippen LogP contribution in [0.3, 0.4) is 0 Å². The molecule has 2 unspecified atom stereocenters. The van der Waals surface area contributed by atoms with E-state index in [4.69, 9.17) is 10.7 Å². The van der Waals surface area contributed by atoms with Crippen LogP contribution < -0.4 is 5.73 Å². The van der Waals surface area contributed by atoms with Crippen LogP contribution in [0.25, 0.3) is 0 Å². The number of piperidine rings is 1. The highest BCUT2D eigenvalue weighted by atomic mass is 79.9. The molecule has 3 fully saturated rings. The lowest BCUT2D eigenvalue weighted by molar-refractivity contribution is 0.159. The Balaban J connectivity index is 1.65. The van der Waals surface area contributed by atoms with Crippen molar-refractivity contribution in [2.24, 2.45) is 0 Å². The van der Waals surface area contributed by atoms with Crippen LogP contribution in [0.15, 0.2) is 4.47 Å². The molecule has 108 valence electrons. The van der Waals surface area contributed by atoms with E-state index in [-0.39, 0.29) is 0 Å². The van der Waals surface area contributed by atoms with Crippen LogP contribution in [0.5, 0.6) is 0 Å². The largest absolute Gasteiger partial charge is 0.383 e. The van der Waals surface area contributed by atoms with Crippen LogP contribution in [0.4, 0.5) is 5.82 Å². The normalized spacial score (nSPS) is 33.6. The van der Waals surface area contributed by atoms with Gasteiger partial charge in [0, 0.05) is 23.9 Å². The Bertz CT molecular complexity index is 529. The fraction of sp³-hybridized carbons (Fsp3) is 0.733. The molecule has 1 aromatic rings. The van der Waals surface area contributed by atoms with E-state index in [2.05, 4.69) is 32.9 Å². The maximum Gasteiger partial charge on any atom is 0.141 e. The SMILES string of the molecule is CN1C2CCC1CC(c1nc(N)c(Br)c(C3CC3)n1)C2. The molecule has 0 radical (unpaired) electrons. The molecule has 20 heavy (non-hydrogen) atoms. The van der Waals surface area contributed by atoms with Crippen LogP contribution in [-0.2, 0) is 0 Å². The van der Waals surface area contributed by atoms with E-state index in [0.29, 0.717) is 17.7 Å². The number of nitrogens with zero attached hydrogens (tertiary/aromatic N) is 3. The Labute approximate surface area is 128 Å². The molecule has 0 spiro atoms. The number of hydrogen-bond acceptors (Lipinski definition) is 4. The lowest BCUT2D eigenvalue weighted by atomic mass is 9.90. The molecule has 3 heterocycles. The summed E-state index contributed by atoms with van der Waals surface area (Å²) < 4.78 is 0.930. The summed E-state index contributed by atoms with van der Waals surface area (Å²) in [4.78, 5) is 12.0. The summed E-state index contributed by atoms with van der Waals surface area (Å²) in [6.45, 7) is 0. The van der Waals surface area contributed by atoms with Crippen LogP contribution >= 0.6 is 15.9 Å². The molecule has 1 aromatic heterocycles. The number of hydrogen-bond donors (Lipinski definition) is 1. The summed E-state index contributed by atoms with van der Waals surface area (Å²) in [5.41, 5.74) is 7.25. The molecule has 0 aromatic carbocycles. The third kappa shape index (κ3) is 2.06. The van der Waals surface area contributed by atoms with Crippen LogP contribution in [-0.4, -0.2) is 34.0 Å². The number of halogens is 1. The number of nitrogen functional groups attached to an aromatic ring is 1. The fourth-order valence-electron chi connectivity index (χ4n) is 3.93. The topological polar surface area (TPSA) is 55.0 Å². The minimum atomic E-state index is 0.497. The summed E-state index contributed by atoms with van der Waals surface area (Å²) in [6.07, 6.45) is 7.54. The van der Waals surface area contributed by atoms with E-state index in [9.17, 15) is 0 Å². The van der Waals surface area contributed by atoms with Crippen molar-refractivity contribution >= 4 is 21.7 Å². The van der Waals surface area contributed by atoms with E-state index in [0.717, 1.165) is 28.1 Å². The second kappa shape index (κ2) is 4.67. The first kappa shape index (κ1) is 13.0. The van der Waals surface area contributed by atoms with E-state index >= 15 is 0 Å². The molecule has 2 atom stereocenters. The van der Waals surface area contributed by atoms with Crippen molar-refractivity contribution in [1.29, 1.82) is 0 Å². The van der Waals surface area contributed by atoms with Gasteiger partial charge in [0.1, 0.15) is 11.6 Å². The van der Waals surface area contributed by atoms with Crippen molar-refractivity contribution in [2.45, 2.75) is 62.4 Å². The number of nitrogens with two attached hydrogens (primary N) is 1. The monoisotopic (exact) mass is 336 g/mol. The molecule has 1 saturated carbocycles. The van der Waals surface area contributed by atoms with Crippen LogP contribution in [0, 0.1) is 0 Å². The van der Waals surface area contributed by atoms with Crippen molar-refractivity contribution in [2.75, 3.05) is 12.8 Å². The van der Waals surface area contributed by atoms with Crippen molar-refractivity contribution in [3.63, 3.8) is 0 Å². The standard InChI is InChI=1S/C15H21BrN4/c1-20-10-4-5-11(20)7-9(6-10)15-18-13(8-2-3-8)12(16)14(17)19-15/h8-11H,2-7H2,1H3,(H2,17,18,19). The zero-order valence-electron chi connectivity index (χ0n) is 11.8. The summed E-state index contributed by atoms with van der Waals surface area (Å²) in [6, 6.07) is 1.44. The first-order valence-electron chi connectivity index (χ1n) is 7.68. The van der Waals surface area contributed by atoms with Gasteiger partial charge in [-0.1, -0.05) is 0 Å². The Hall–Kier alpha value is -0.680. The third-order valence-electron chi connectivity index (χ3n) is 5.35. The Morgan fingerprint density at radius 3 is 2.30 bits per heavy atom. The lowest BCUT2D eigenvalue weighted by Gasteiger charge is -2.35. The number of anilines is 1. The molecule has 2 saturated heterocycles. The Morgan fingerprint density at radius 1 is 1.05 bits per heavy atom. The molecule has 1 aliphatic carbocycles. The van der Waals surface area contributed by atoms with Crippen molar-refractivity contribution in [3.05, 3.63) is 16.0 Å². The van der Waals surface area contributed by atoms with Gasteiger partial charge in [-0.05, 0) is 61.5 Å². The summed E-state index contributed by atoms with van der Waals surface area (Å²) in [5, 5.41) is 0. The van der Waals surface area contributed by atoms with E-state index in [1.54, 1.807) is 0 Å². The molecular formula is C15H21BrN4. The van der Waals surface area contributed by atoms with Gasteiger partial charge in [0.2, 0.25) is 0 Å². The number of rotatable bonds is 2. The molecule has 2 aliphatic heterocycles. The van der Waals surface area contributed by atoms with Crippen molar-refractivity contribution < 1.29 is 0 Å². The highest BCUT2D eigenvalue weighted by molar-refractivity contribution is 9.10. The second-order valence-corrected chi connectivity index (χ2v) is 7.45. The van der Waals surface area contributed by atoms with Gasteiger partial charge in [0.05, 0.1) is 10.2 Å². The van der Waals surface area contributed by atoms with E-state index in [1.807, 2.05) is 0 Å². The van der Waals surface area contributed by atoms with Gasteiger partial charge >= 0.3 is 0 Å². The van der Waals surface area contributed by atoms with E-state index in [1.165, 1.54) is 38.5 Å². The van der Waals surface area contributed by atoms with Gasteiger partial charge in [0.15, 0.2) is 0 Å². The van der Waals surface area contributed by atoms with Crippen LogP contribution in [0.1, 0.15) is 61.9 Å². The van der Waals surface area contributed by atoms with E-state index < -0.39 is 0 Å². The highest BCUT2D eigenvalue weighted by Crippen LogP contribution is 2.45. The molecule has 4 nitrogen and oxygen atoms in total. The highest BCUT2D eigenvalue weighted by Gasteiger charge is 2.40. The minimum Gasteiger partial charge on any atom is -0.383 e. The molecule has 4 rings (SSSR count). The predicted molar refractivity (Wildman–Crippen MR) is 82.7 cm³/mol. The maximum absolute atomic E-state index is 6.10. The maximum atomic E-state index is 6.10. The van der Waals surface area contributed by atoms with Gasteiger partial charge in [-0.3, -0.25) is 0 Å². The first-order valence-corrected chi connectivity index (χ1v) is 8.47. The van der Waals surface area contributed by atoms with Crippen LogP contribution in [0.2, 0.25) is 0 Å². The quantitative estimate of drug-likeness (QED) is 0.901. The molecule has 5 heteroatoms. The first-order chi connectivity index (χ1) is 9.63. The van der Waals surface area contributed by atoms with Gasteiger partial charge in [-0.2, -0.15) is 0 Å². The summed E-state index contributed by atoms with van der Waals surface area (Å²) in [5.74, 6) is 2.73. The average Bonchev–Trinajstić information content (AvgIpc) is 3.23. The minimum absolute atomic E-state index is 0.497. The molecule has 2 N–H and O–H groups in total.